The molecule has 0 bridgehead atoms. The molecular formula is C27H25N3O2. The van der Waals surface area contributed by atoms with Gasteiger partial charge < -0.3 is 10.1 Å². The zero-order valence-electron chi connectivity index (χ0n) is 17.9. The van der Waals surface area contributed by atoms with Crippen molar-refractivity contribution in [1.29, 1.82) is 0 Å². The summed E-state index contributed by atoms with van der Waals surface area (Å²) in [7, 11) is 0. The average Bonchev–Trinajstić information content (AvgIpc) is 2.84. The molecule has 0 spiro atoms. The molecule has 0 aliphatic rings. The van der Waals surface area contributed by atoms with Gasteiger partial charge in [-0.25, -0.2) is 0 Å². The van der Waals surface area contributed by atoms with E-state index in [0.717, 1.165) is 22.4 Å². The number of hydrogen-bond donors (Lipinski definition) is 1. The Morgan fingerprint density at radius 1 is 0.812 bits per heavy atom. The number of ether oxygens (including phenoxy) is 1. The molecule has 1 heterocycles. The molecule has 5 nitrogen and oxygen atoms in total. The lowest BCUT2D eigenvalue weighted by atomic mass is 9.90. The minimum absolute atomic E-state index is 0.0631. The summed E-state index contributed by atoms with van der Waals surface area (Å²) in [6.07, 6.45) is 0. The molecule has 5 heteroatoms. The van der Waals surface area contributed by atoms with E-state index in [4.69, 9.17) is 4.74 Å². The van der Waals surface area contributed by atoms with E-state index in [2.05, 4.69) is 15.5 Å². The minimum atomic E-state index is -0.369. The molecule has 0 fully saturated rings. The van der Waals surface area contributed by atoms with E-state index in [1.165, 1.54) is 5.56 Å². The van der Waals surface area contributed by atoms with Crippen LogP contribution in [0, 0.1) is 6.92 Å². The lowest BCUT2D eigenvalue weighted by Crippen LogP contribution is -2.33. The van der Waals surface area contributed by atoms with Gasteiger partial charge in [-0.3, -0.25) is 4.79 Å². The van der Waals surface area contributed by atoms with Crippen molar-refractivity contribution >= 4 is 5.91 Å². The summed E-state index contributed by atoms with van der Waals surface area (Å²) >= 11 is 0. The summed E-state index contributed by atoms with van der Waals surface area (Å²) in [5.74, 6) is -0.00410. The number of hydrogen-bond acceptors (Lipinski definition) is 4. The Kier molecular flexibility index (Phi) is 6.88. The number of rotatable bonds is 8. The smallest absolute Gasteiger partial charge is 0.233 e. The number of aromatic nitrogens is 2. The summed E-state index contributed by atoms with van der Waals surface area (Å²) in [5.41, 5.74) is 4.91. The minimum Gasteiger partial charge on any atom is -0.475 e. The van der Waals surface area contributed by atoms with Crippen LogP contribution in [0.15, 0.2) is 97.1 Å². The quantitative estimate of drug-likeness (QED) is 0.414. The first kappa shape index (κ1) is 21.2. The standard InChI is InChI=1S/C27H25N3O2/c1-20-12-14-21(15-13-20)24-16-17-25(30-29-24)32-19-18-28-27(31)26(22-8-4-2-5-9-22)23-10-6-3-7-11-23/h2-17,26H,18-19H2,1H3,(H,28,31). The molecule has 4 aromatic rings. The number of nitrogens with zero attached hydrogens (tertiary/aromatic N) is 2. The Morgan fingerprint density at radius 3 is 2.00 bits per heavy atom. The van der Waals surface area contributed by atoms with Crippen molar-refractivity contribution in [2.75, 3.05) is 13.2 Å². The van der Waals surface area contributed by atoms with Crippen LogP contribution in [-0.4, -0.2) is 29.3 Å². The van der Waals surface area contributed by atoms with Crippen molar-refractivity contribution in [3.8, 4) is 17.1 Å². The SMILES string of the molecule is Cc1ccc(-c2ccc(OCCNC(=O)C(c3ccccc3)c3ccccc3)nn2)cc1. The van der Waals surface area contributed by atoms with Crippen LogP contribution in [0.25, 0.3) is 11.3 Å². The molecule has 1 N–H and O–H groups in total. The molecule has 0 unspecified atom stereocenters. The third-order valence-electron chi connectivity index (χ3n) is 5.17. The molecule has 0 radical (unpaired) electrons. The van der Waals surface area contributed by atoms with Crippen LogP contribution in [0.5, 0.6) is 5.88 Å². The number of nitrogens with one attached hydrogen (secondary N) is 1. The molecule has 32 heavy (non-hydrogen) atoms. The van der Waals surface area contributed by atoms with E-state index in [1.807, 2.05) is 97.9 Å². The van der Waals surface area contributed by atoms with Crippen LogP contribution in [0.3, 0.4) is 0 Å². The van der Waals surface area contributed by atoms with Crippen LogP contribution < -0.4 is 10.1 Å². The zero-order valence-corrected chi connectivity index (χ0v) is 17.9. The average molecular weight is 424 g/mol. The molecule has 0 aliphatic heterocycles. The Morgan fingerprint density at radius 2 is 1.44 bits per heavy atom. The number of amides is 1. The second-order valence-corrected chi connectivity index (χ2v) is 7.52. The van der Waals surface area contributed by atoms with Gasteiger partial charge in [-0.2, -0.15) is 0 Å². The number of carbonyl (C=O) groups excluding carboxylic acids is 1. The van der Waals surface area contributed by atoms with Crippen LogP contribution in [0.4, 0.5) is 0 Å². The van der Waals surface area contributed by atoms with Crippen LogP contribution in [0.1, 0.15) is 22.6 Å². The van der Waals surface area contributed by atoms with Gasteiger partial charge in [0.15, 0.2) is 0 Å². The molecule has 0 saturated carbocycles. The molecule has 1 amide bonds. The molecule has 0 aliphatic carbocycles. The van der Waals surface area contributed by atoms with Gasteiger partial charge in [-0.05, 0) is 24.1 Å². The van der Waals surface area contributed by atoms with Gasteiger partial charge in [0.05, 0.1) is 18.2 Å². The van der Waals surface area contributed by atoms with Crippen molar-refractivity contribution in [1.82, 2.24) is 15.5 Å². The fraction of sp³-hybridized carbons (Fsp3) is 0.148. The maximum absolute atomic E-state index is 13.0. The van der Waals surface area contributed by atoms with Crippen molar-refractivity contribution < 1.29 is 9.53 Å². The fourth-order valence-corrected chi connectivity index (χ4v) is 3.49. The van der Waals surface area contributed by atoms with Crippen molar-refractivity contribution in [3.05, 3.63) is 114 Å². The molecule has 4 rings (SSSR count). The van der Waals surface area contributed by atoms with Crippen LogP contribution in [0.2, 0.25) is 0 Å². The van der Waals surface area contributed by atoms with Gasteiger partial charge in [-0.1, -0.05) is 90.5 Å². The van der Waals surface area contributed by atoms with E-state index in [9.17, 15) is 4.79 Å². The molecule has 0 saturated heterocycles. The summed E-state index contributed by atoms with van der Waals surface area (Å²) in [4.78, 5) is 13.0. The highest BCUT2D eigenvalue weighted by molar-refractivity contribution is 5.87. The maximum atomic E-state index is 13.0. The first-order chi connectivity index (χ1) is 15.7. The second kappa shape index (κ2) is 10.4. The largest absolute Gasteiger partial charge is 0.475 e. The van der Waals surface area contributed by atoms with Crippen molar-refractivity contribution in [2.24, 2.45) is 0 Å². The molecule has 3 aromatic carbocycles. The van der Waals surface area contributed by atoms with Crippen LogP contribution >= 0.6 is 0 Å². The summed E-state index contributed by atoms with van der Waals surface area (Å²) in [6, 6.07) is 31.4. The van der Waals surface area contributed by atoms with E-state index in [-0.39, 0.29) is 11.8 Å². The van der Waals surface area contributed by atoms with Gasteiger partial charge in [0, 0.05) is 11.6 Å². The van der Waals surface area contributed by atoms with E-state index in [1.54, 1.807) is 6.07 Å². The van der Waals surface area contributed by atoms with Gasteiger partial charge in [0.2, 0.25) is 11.8 Å². The molecular weight excluding hydrogens is 398 g/mol. The normalized spacial score (nSPS) is 10.7. The first-order valence-electron chi connectivity index (χ1n) is 10.6. The Balaban J connectivity index is 1.33. The van der Waals surface area contributed by atoms with Gasteiger partial charge >= 0.3 is 0 Å². The highest BCUT2D eigenvalue weighted by atomic mass is 16.5. The number of benzene rings is 3. The highest BCUT2D eigenvalue weighted by Crippen LogP contribution is 2.24. The summed E-state index contributed by atoms with van der Waals surface area (Å²) in [5, 5.41) is 11.4. The Labute approximate surface area is 188 Å². The lowest BCUT2D eigenvalue weighted by Gasteiger charge is -2.18. The van der Waals surface area contributed by atoms with Gasteiger partial charge in [-0.15, -0.1) is 10.2 Å². The monoisotopic (exact) mass is 423 g/mol. The van der Waals surface area contributed by atoms with Crippen molar-refractivity contribution in [3.63, 3.8) is 0 Å². The van der Waals surface area contributed by atoms with E-state index >= 15 is 0 Å². The lowest BCUT2D eigenvalue weighted by molar-refractivity contribution is -0.121. The first-order valence-corrected chi connectivity index (χ1v) is 10.6. The molecule has 1 aromatic heterocycles. The predicted molar refractivity (Wildman–Crippen MR) is 125 cm³/mol. The van der Waals surface area contributed by atoms with Crippen LogP contribution in [-0.2, 0) is 4.79 Å². The topological polar surface area (TPSA) is 64.1 Å². The Hall–Kier alpha value is -3.99. The van der Waals surface area contributed by atoms with E-state index in [0.29, 0.717) is 19.0 Å². The second-order valence-electron chi connectivity index (χ2n) is 7.52. The third-order valence-corrected chi connectivity index (χ3v) is 5.17. The zero-order chi connectivity index (χ0) is 22.2. The maximum Gasteiger partial charge on any atom is 0.233 e. The third kappa shape index (κ3) is 5.38. The molecule has 0 atom stereocenters. The fourth-order valence-electron chi connectivity index (χ4n) is 3.49. The summed E-state index contributed by atoms with van der Waals surface area (Å²) in [6.45, 7) is 2.73. The number of aryl methyl sites for hydroxylation is 1. The van der Waals surface area contributed by atoms with Gasteiger partial charge in [0.1, 0.15) is 6.61 Å². The Bertz CT molecular complexity index is 1090. The van der Waals surface area contributed by atoms with Crippen molar-refractivity contribution in [2.45, 2.75) is 12.8 Å². The predicted octanol–water partition coefficient (Wildman–Crippen LogP) is 4.78. The van der Waals surface area contributed by atoms with E-state index < -0.39 is 0 Å². The summed E-state index contributed by atoms with van der Waals surface area (Å²) < 4.78 is 5.67. The van der Waals surface area contributed by atoms with Gasteiger partial charge in [0.25, 0.3) is 0 Å². The number of carbonyl (C=O) groups is 1. The highest BCUT2D eigenvalue weighted by Gasteiger charge is 2.22. The molecule has 160 valence electrons.